The molecule has 2 aromatic carbocycles. The molecule has 3 rings (SSSR count). The van der Waals surface area contributed by atoms with Crippen LogP contribution in [0.5, 0.6) is 5.75 Å². The Morgan fingerprint density at radius 1 is 1.10 bits per heavy atom. The molecular formula is C21H17N3O4S2. The number of phenols is 1. The van der Waals surface area contributed by atoms with Crippen molar-refractivity contribution in [1.29, 1.82) is 0 Å². The van der Waals surface area contributed by atoms with E-state index in [1.807, 2.05) is 36.4 Å². The van der Waals surface area contributed by atoms with Gasteiger partial charge in [0.15, 0.2) is 0 Å². The Kier molecular flexibility index (Phi) is 6.99. The molecule has 1 saturated heterocycles. The summed E-state index contributed by atoms with van der Waals surface area (Å²) in [5, 5.41) is 9.40. The Balaban J connectivity index is 1.54. The van der Waals surface area contributed by atoms with Crippen LogP contribution in [-0.2, 0) is 9.59 Å². The quantitative estimate of drug-likeness (QED) is 0.376. The van der Waals surface area contributed by atoms with Gasteiger partial charge in [0.25, 0.3) is 17.7 Å². The van der Waals surface area contributed by atoms with E-state index < -0.39 is 11.8 Å². The Labute approximate surface area is 182 Å². The maximum absolute atomic E-state index is 12.5. The van der Waals surface area contributed by atoms with Gasteiger partial charge in [0.1, 0.15) is 16.6 Å². The molecule has 152 valence electrons. The molecule has 1 aliphatic rings. The lowest BCUT2D eigenvalue weighted by molar-refractivity contribution is -0.129. The molecule has 1 fully saturated rings. The molecule has 1 aliphatic heterocycles. The third kappa shape index (κ3) is 5.56. The number of nitrogens with one attached hydrogen (secondary N) is 2. The Hall–Kier alpha value is -3.43. The van der Waals surface area contributed by atoms with Crippen molar-refractivity contribution in [3.63, 3.8) is 0 Å². The number of rotatable bonds is 5. The highest BCUT2D eigenvalue weighted by Crippen LogP contribution is 2.30. The number of hydrogen-bond acceptors (Lipinski definition) is 6. The SMILES string of the molecule is O=C(CN1C(=O)C(=CC=Cc2ccccc2)SC1=S)NNC(=O)c1cccc(O)c1. The third-order valence-electron chi connectivity index (χ3n) is 3.93. The lowest BCUT2D eigenvalue weighted by Crippen LogP contribution is -2.47. The van der Waals surface area contributed by atoms with Crippen LogP contribution < -0.4 is 10.9 Å². The highest BCUT2D eigenvalue weighted by Gasteiger charge is 2.33. The van der Waals surface area contributed by atoms with Crippen LogP contribution >= 0.6 is 24.0 Å². The van der Waals surface area contributed by atoms with Gasteiger partial charge in [-0.25, -0.2) is 0 Å². The topological polar surface area (TPSA) is 98.7 Å². The summed E-state index contributed by atoms with van der Waals surface area (Å²) in [6, 6.07) is 15.3. The Morgan fingerprint density at radius 3 is 2.60 bits per heavy atom. The zero-order chi connectivity index (χ0) is 21.5. The summed E-state index contributed by atoms with van der Waals surface area (Å²) >= 11 is 6.30. The summed E-state index contributed by atoms with van der Waals surface area (Å²) in [5.74, 6) is -1.66. The fourth-order valence-corrected chi connectivity index (χ4v) is 3.70. The Morgan fingerprint density at radius 2 is 1.87 bits per heavy atom. The lowest BCUT2D eigenvalue weighted by Gasteiger charge is -2.14. The molecule has 0 aromatic heterocycles. The van der Waals surface area contributed by atoms with Crippen LogP contribution in [0.1, 0.15) is 15.9 Å². The number of thioether (sulfide) groups is 1. The molecule has 0 saturated carbocycles. The van der Waals surface area contributed by atoms with E-state index in [-0.39, 0.29) is 28.1 Å². The van der Waals surface area contributed by atoms with Crippen molar-refractivity contribution in [2.75, 3.05) is 6.54 Å². The zero-order valence-corrected chi connectivity index (χ0v) is 17.2. The normalized spacial score (nSPS) is 15.1. The van der Waals surface area contributed by atoms with Crippen LogP contribution in [0.4, 0.5) is 0 Å². The zero-order valence-electron chi connectivity index (χ0n) is 15.6. The molecule has 0 unspecified atom stereocenters. The van der Waals surface area contributed by atoms with E-state index in [1.165, 1.54) is 24.3 Å². The van der Waals surface area contributed by atoms with E-state index in [9.17, 15) is 19.5 Å². The van der Waals surface area contributed by atoms with E-state index in [0.29, 0.717) is 4.91 Å². The van der Waals surface area contributed by atoms with Gasteiger partial charge in [0, 0.05) is 5.56 Å². The molecule has 0 bridgehead atoms. The molecule has 0 spiro atoms. The fourth-order valence-electron chi connectivity index (χ4n) is 2.49. The predicted molar refractivity (Wildman–Crippen MR) is 119 cm³/mol. The minimum Gasteiger partial charge on any atom is -0.508 e. The summed E-state index contributed by atoms with van der Waals surface area (Å²) < 4.78 is 0.258. The number of aromatic hydroxyl groups is 1. The van der Waals surface area contributed by atoms with Crippen LogP contribution in [0.15, 0.2) is 71.7 Å². The number of carbonyl (C=O) groups is 3. The molecule has 3 N–H and O–H groups in total. The minimum absolute atomic E-state index is 0.0698. The summed E-state index contributed by atoms with van der Waals surface area (Å²) in [6.45, 7) is -0.329. The number of amides is 3. The summed E-state index contributed by atoms with van der Waals surface area (Å²) in [5.41, 5.74) is 5.63. The Bertz CT molecular complexity index is 1050. The molecule has 2 aromatic rings. The summed E-state index contributed by atoms with van der Waals surface area (Å²) in [4.78, 5) is 38.2. The maximum Gasteiger partial charge on any atom is 0.269 e. The van der Waals surface area contributed by atoms with Crippen molar-refractivity contribution in [3.8, 4) is 5.75 Å². The monoisotopic (exact) mass is 439 g/mol. The first-order valence-electron chi connectivity index (χ1n) is 8.79. The average Bonchev–Trinajstić information content (AvgIpc) is 3.00. The van der Waals surface area contributed by atoms with Crippen molar-refractivity contribution in [1.82, 2.24) is 15.8 Å². The highest BCUT2D eigenvalue weighted by atomic mass is 32.2. The van der Waals surface area contributed by atoms with Crippen molar-refractivity contribution in [2.24, 2.45) is 0 Å². The second-order valence-corrected chi connectivity index (χ2v) is 7.79. The second-order valence-electron chi connectivity index (χ2n) is 6.11. The lowest BCUT2D eigenvalue weighted by atomic mass is 10.2. The molecule has 0 radical (unpaired) electrons. The largest absolute Gasteiger partial charge is 0.508 e. The number of thiocarbonyl (C=S) groups is 1. The van der Waals surface area contributed by atoms with Crippen LogP contribution in [0.2, 0.25) is 0 Å². The number of nitrogens with zero attached hydrogens (tertiary/aromatic N) is 1. The van der Waals surface area contributed by atoms with Crippen molar-refractivity contribution >= 4 is 52.1 Å². The summed E-state index contributed by atoms with van der Waals surface area (Å²) in [7, 11) is 0. The number of hydrazine groups is 1. The van der Waals surface area contributed by atoms with Gasteiger partial charge in [-0.3, -0.25) is 30.1 Å². The number of carbonyl (C=O) groups excluding carboxylic acids is 3. The van der Waals surface area contributed by atoms with Crippen LogP contribution in [0, 0.1) is 0 Å². The van der Waals surface area contributed by atoms with Crippen LogP contribution in [-0.4, -0.2) is 38.6 Å². The standard InChI is InChI=1S/C21H17N3O4S2/c25-16-10-5-9-15(12-16)19(27)23-22-18(26)13-24-20(28)17(30-21(24)29)11-4-8-14-6-2-1-3-7-14/h1-12,25H,13H2,(H,22,26)(H,23,27). The van der Waals surface area contributed by atoms with Gasteiger partial charge in [0.05, 0.1) is 4.91 Å². The maximum atomic E-state index is 12.5. The van der Waals surface area contributed by atoms with E-state index in [2.05, 4.69) is 10.9 Å². The van der Waals surface area contributed by atoms with E-state index in [4.69, 9.17) is 12.2 Å². The first-order valence-corrected chi connectivity index (χ1v) is 10.0. The molecule has 9 heteroatoms. The van der Waals surface area contributed by atoms with E-state index in [1.54, 1.807) is 12.2 Å². The van der Waals surface area contributed by atoms with Crippen molar-refractivity contribution < 1.29 is 19.5 Å². The average molecular weight is 440 g/mol. The highest BCUT2D eigenvalue weighted by molar-refractivity contribution is 8.26. The van der Waals surface area contributed by atoms with Crippen molar-refractivity contribution in [3.05, 3.63) is 82.8 Å². The third-order valence-corrected chi connectivity index (χ3v) is 5.33. The van der Waals surface area contributed by atoms with Gasteiger partial charge in [-0.1, -0.05) is 72.5 Å². The van der Waals surface area contributed by atoms with Gasteiger partial charge >= 0.3 is 0 Å². The molecule has 3 amide bonds. The minimum atomic E-state index is -0.610. The molecule has 1 heterocycles. The van der Waals surface area contributed by atoms with Crippen LogP contribution in [0.25, 0.3) is 6.08 Å². The number of allylic oxidation sites excluding steroid dienone is 2. The van der Waals surface area contributed by atoms with Gasteiger partial charge in [0.2, 0.25) is 0 Å². The number of phenolic OH excluding ortho intramolecular Hbond substituents is 1. The van der Waals surface area contributed by atoms with Gasteiger partial charge in [-0.2, -0.15) is 0 Å². The van der Waals surface area contributed by atoms with E-state index in [0.717, 1.165) is 22.2 Å². The molecule has 7 nitrogen and oxygen atoms in total. The second kappa shape index (κ2) is 9.86. The molecular weight excluding hydrogens is 422 g/mol. The van der Waals surface area contributed by atoms with Gasteiger partial charge < -0.3 is 5.11 Å². The molecule has 0 atom stereocenters. The molecule has 30 heavy (non-hydrogen) atoms. The van der Waals surface area contributed by atoms with Gasteiger partial charge in [-0.05, 0) is 29.8 Å². The first-order chi connectivity index (χ1) is 14.4. The van der Waals surface area contributed by atoms with E-state index >= 15 is 0 Å². The fraction of sp³-hybridized carbons (Fsp3) is 0.0476. The number of hydrogen-bond donors (Lipinski definition) is 3. The van der Waals surface area contributed by atoms with Crippen LogP contribution in [0.3, 0.4) is 0 Å². The first kappa shape index (κ1) is 21.3. The van der Waals surface area contributed by atoms with Crippen molar-refractivity contribution in [2.45, 2.75) is 0 Å². The number of benzene rings is 2. The smallest absolute Gasteiger partial charge is 0.269 e. The molecule has 0 aliphatic carbocycles. The summed E-state index contributed by atoms with van der Waals surface area (Å²) in [6.07, 6.45) is 5.25. The van der Waals surface area contributed by atoms with Gasteiger partial charge in [-0.15, -0.1) is 0 Å². The predicted octanol–water partition coefficient (Wildman–Crippen LogP) is 2.61.